The number of terminal acetylenes is 1. The van der Waals surface area contributed by atoms with Crippen LogP contribution in [0.2, 0.25) is 0 Å². The van der Waals surface area contributed by atoms with Crippen LogP contribution in [0.3, 0.4) is 0 Å². The lowest BCUT2D eigenvalue weighted by atomic mass is 10.4. The Morgan fingerprint density at radius 2 is 2.33 bits per heavy atom. The van der Waals surface area contributed by atoms with Gasteiger partial charge in [-0.25, -0.2) is 0 Å². The summed E-state index contributed by atoms with van der Waals surface area (Å²) in [6.07, 6.45) is 5.63. The minimum absolute atomic E-state index is 0. The van der Waals surface area contributed by atoms with Crippen molar-refractivity contribution in [1.82, 2.24) is 0 Å². The van der Waals surface area contributed by atoms with Gasteiger partial charge in [0.15, 0.2) is 0 Å². The van der Waals surface area contributed by atoms with Gasteiger partial charge in [-0.3, -0.25) is 4.99 Å². The third-order valence-corrected chi connectivity index (χ3v) is 0.617. The highest BCUT2D eigenvalue weighted by Crippen LogP contribution is 1.75. The fourth-order valence-corrected chi connectivity index (χ4v) is 0.297. The van der Waals surface area contributed by atoms with Crippen molar-refractivity contribution < 1.29 is 0 Å². The van der Waals surface area contributed by atoms with Crippen LogP contribution in [0.15, 0.2) is 4.99 Å². The second-order valence-corrected chi connectivity index (χ2v) is 1.48. The van der Waals surface area contributed by atoms with E-state index < -0.39 is 0 Å². The van der Waals surface area contributed by atoms with Crippen LogP contribution in [0, 0.1) is 12.3 Å². The summed E-state index contributed by atoms with van der Waals surface area (Å²) in [6, 6.07) is 0. The van der Waals surface area contributed by atoms with Gasteiger partial charge in [-0.1, -0.05) is 0 Å². The van der Waals surface area contributed by atoms with E-state index >= 15 is 0 Å². The normalized spacial score (nSPS) is 9.56. The second-order valence-electron chi connectivity index (χ2n) is 1.48. The van der Waals surface area contributed by atoms with Crippen molar-refractivity contribution in [3.63, 3.8) is 0 Å². The van der Waals surface area contributed by atoms with Crippen LogP contribution in [0.5, 0.6) is 0 Å². The molecule has 0 aliphatic carbocycles. The molecule has 0 heterocycles. The molecule has 52 valence electrons. The molecule has 0 unspecified atom stereocenters. The second kappa shape index (κ2) is 7.76. The molecule has 0 spiro atoms. The van der Waals surface area contributed by atoms with Crippen LogP contribution in [0.1, 0.15) is 13.3 Å². The summed E-state index contributed by atoms with van der Waals surface area (Å²) in [5, 5.41) is 0. The fourth-order valence-electron chi connectivity index (χ4n) is 0.297. The number of hydrogen-bond acceptors (Lipinski definition) is 1. The molecule has 0 aromatic carbocycles. The zero-order valence-corrected chi connectivity index (χ0v) is 7.75. The van der Waals surface area contributed by atoms with Crippen molar-refractivity contribution in [2.24, 2.45) is 10.7 Å². The van der Waals surface area contributed by atoms with Crippen molar-refractivity contribution in [1.29, 1.82) is 0 Å². The van der Waals surface area contributed by atoms with Crippen LogP contribution in [-0.4, -0.2) is 12.4 Å². The van der Waals surface area contributed by atoms with E-state index in [-0.39, 0.29) is 24.0 Å². The van der Waals surface area contributed by atoms with Crippen LogP contribution in [0.4, 0.5) is 0 Å². The van der Waals surface area contributed by atoms with Crippen LogP contribution < -0.4 is 5.73 Å². The summed E-state index contributed by atoms with van der Waals surface area (Å²) in [5.74, 6) is 3.06. The molecule has 9 heavy (non-hydrogen) atoms. The van der Waals surface area contributed by atoms with Gasteiger partial charge >= 0.3 is 0 Å². The summed E-state index contributed by atoms with van der Waals surface area (Å²) in [6.45, 7) is 2.40. The Labute approximate surface area is 72.9 Å². The highest BCUT2D eigenvalue weighted by Gasteiger charge is 1.76. The molecular formula is C6H11IN2. The van der Waals surface area contributed by atoms with E-state index in [1.165, 1.54) is 0 Å². The van der Waals surface area contributed by atoms with Gasteiger partial charge in [0.2, 0.25) is 0 Å². The minimum Gasteiger partial charge on any atom is -0.388 e. The van der Waals surface area contributed by atoms with Crippen molar-refractivity contribution in [2.75, 3.05) is 6.54 Å². The molecule has 0 aromatic heterocycles. The predicted octanol–water partition coefficient (Wildman–Crippen LogP) is 1.00. The average Bonchev–Trinajstić information content (AvgIpc) is 1.66. The molecular weight excluding hydrogens is 227 g/mol. The maximum Gasteiger partial charge on any atom is 0.0906 e. The Kier molecular flexibility index (Phi) is 9.95. The lowest BCUT2D eigenvalue weighted by molar-refractivity contribution is 1.03. The lowest BCUT2D eigenvalue weighted by Gasteiger charge is -1.86. The Morgan fingerprint density at radius 1 is 1.78 bits per heavy atom. The molecule has 0 fully saturated rings. The summed E-state index contributed by atoms with van der Waals surface area (Å²) in [7, 11) is 0. The molecule has 0 bridgehead atoms. The summed E-state index contributed by atoms with van der Waals surface area (Å²) in [4.78, 5) is 3.87. The number of nitrogens with zero attached hydrogens (tertiary/aromatic N) is 1. The summed E-state index contributed by atoms with van der Waals surface area (Å²) in [5.41, 5.74) is 5.21. The third-order valence-electron chi connectivity index (χ3n) is 0.617. The smallest absolute Gasteiger partial charge is 0.0906 e. The van der Waals surface area contributed by atoms with Crippen molar-refractivity contribution in [3.05, 3.63) is 0 Å². The molecule has 0 aliphatic rings. The Bertz CT molecular complexity index is 120. The summed E-state index contributed by atoms with van der Waals surface area (Å²) >= 11 is 0. The van der Waals surface area contributed by atoms with Crippen molar-refractivity contribution in [2.45, 2.75) is 13.3 Å². The molecule has 0 aliphatic heterocycles. The van der Waals surface area contributed by atoms with E-state index in [1.54, 1.807) is 6.92 Å². The Balaban J connectivity index is 0. The number of halogens is 1. The number of rotatable bonds is 2. The van der Waals surface area contributed by atoms with Crippen molar-refractivity contribution in [3.8, 4) is 12.3 Å². The Hall–Kier alpha value is -0.240. The SMILES string of the molecule is C#CCCN=C(C)N.I. The molecule has 0 aromatic rings. The van der Waals surface area contributed by atoms with Gasteiger partial charge in [0, 0.05) is 6.42 Å². The van der Waals surface area contributed by atoms with Crippen LogP contribution in [-0.2, 0) is 0 Å². The number of hydrogen-bond donors (Lipinski definition) is 1. The average molecular weight is 238 g/mol. The molecule has 2 N–H and O–H groups in total. The van der Waals surface area contributed by atoms with Gasteiger partial charge < -0.3 is 5.73 Å². The van der Waals surface area contributed by atoms with Crippen LogP contribution in [0.25, 0.3) is 0 Å². The van der Waals surface area contributed by atoms with E-state index in [2.05, 4.69) is 10.9 Å². The van der Waals surface area contributed by atoms with E-state index in [9.17, 15) is 0 Å². The molecule has 0 saturated carbocycles. The molecule has 0 radical (unpaired) electrons. The topological polar surface area (TPSA) is 38.4 Å². The maximum atomic E-state index is 5.21. The molecule has 0 amide bonds. The zero-order chi connectivity index (χ0) is 6.41. The molecule has 2 nitrogen and oxygen atoms in total. The first-order chi connectivity index (χ1) is 3.77. The van der Waals surface area contributed by atoms with E-state index in [0.29, 0.717) is 18.8 Å². The highest BCUT2D eigenvalue weighted by atomic mass is 127. The number of amidine groups is 1. The number of nitrogens with two attached hydrogens (primary N) is 1. The lowest BCUT2D eigenvalue weighted by Crippen LogP contribution is -2.05. The first-order valence-corrected chi connectivity index (χ1v) is 2.47. The molecule has 0 rings (SSSR count). The van der Waals surface area contributed by atoms with Crippen molar-refractivity contribution >= 4 is 29.8 Å². The maximum absolute atomic E-state index is 5.21. The van der Waals surface area contributed by atoms with Gasteiger partial charge in [-0.2, -0.15) is 0 Å². The largest absolute Gasteiger partial charge is 0.388 e. The fraction of sp³-hybridized carbons (Fsp3) is 0.500. The van der Waals surface area contributed by atoms with E-state index in [1.807, 2.05) is 0 Å². The third kappa shape index (κ3) is 11.4. The standard InChI is InChI=1S/C6H10N2.HI/c1-3-4-5-8-6(2)7;/h1H,4-5H2,2H3,(H2,7,8);1H. The van der Waals surface area contributed by atoms with E-state index in [0.717, 1.165) is 0 Å². The summed E-state index contributed by atoms with van der Waals surface area (Å²) < 4.78 is 0. The zero-order valence-electron chi connectivity index (χ0n) is 5.42. The van der Waals surface area contributed by atoms with Gasteiger partial charge in [-0.05, 0) is 6.92 Å². The monoisotopic (exact) mass is 238 g/mol. The molecule has 3 heteroatoms. The van der Waals surface area contributed by atoms with Gasteiger partial charge in [0.1, 0.15) is 0 Å². The highest BCUT2D eigenvalue weighted by molar-refractivity contribution is 14.0. The van der Waals surface area contributed by atoms with Crippen LogP contribution >= 0.6 is 24.0 Å². The van der Waals surface area contributed by atoms with Gasteiger partial charge in [-0.15, -0.1) is 36.3 Å². The minimum atomic E-state index is 0. The molecule has 0 atom stereocenters. The first-order valence-electron chi connectivity index (χ1n) is 2.47. The quantitative estimate of drug-likeness (QED) is 0.252. The van der Waals surface area contributed by atoms with Gasteiger partial charge in [0.25, 0.3) is 0 Å². The first kappa shape index (κ1) is 11.5. The van der Waals surface area contributed by atoms with E-state index in [4.69, 9.17) is 12.2 Å². The Morgan fingerprint density at radius 3 is 2.67 bits per heavy atom. The molecule has 0 saturated heterocycles. The number of aliphatic imine (C=N–C) groups is 1. The van der Waals surface area contributed by atoms with Gasteiger partial charge in [0.05, 0.1) is 12.4 Å². The predicted molar refractivity (Wildman–Crippen MR) is 51.0 cm³/mol.